The molecule has 1 aliphatic heterocycles. The van der Waals surface area contributed by atoms with Crippen LogP contribution in [-0.4, -0.2) is 21.6 Å². The van der Waals surface area contributed by atoms with Crippen molar-refractivity contribution in [2.75, 3.05) is 0 Å². The fourth-order valence-electron chi connectivity index (χ4n) is 2.35. The summed E-state index contributed by atoms with van der Waals surface area (Å²) in [6.45, 7) is 0. The molecular weight excluding hydrogens is 272 g/mol. The first kappa shape index (κ1) is 12.7. The molecule has 2 aromatic carbocycles. The number of aliphatic imine (C=N–C) groups is 1. The summed E-state index contributed by atoms with van der Waals surface area (Å²) >= 11 is 0. The van der Waals surface area contributed by atoms with Crippen LogP contribution in [0, 0.1) is 0 Å². The summed E-state index contributed by atoms with van der Waals surface area (Å²) in [5.41, 5.74) is 5.17. The second kappa shape index (κ2) is 5.41. The van der Waals surface area contributed by atoms with Gasteiger partial charge in [-0.15, -0.1) is 0 Å². The van der Waals surface area contributed by atoms with E-state index in [0.29, 0.717) is 0 Å². The van der Waals surface area contributed by atoms with Crippen molar-refractivity contribution in [3.05, 3.63) is 71.4 Å². The van der Waals surface area contributed by atoms with E-state index in [1.807, 2.05) is 24.4 Å². The number of nitrogens with zero attached hydrogens (tertiary/aromatic N) is 3. The van der Waals surface area contributed by atoms with Crippen LogP contribution in [0.5, 0.6) is 0 Å². The third-order valence-electron chi connectivity index (χ3n) is 3.61. The summed E-state index contributed by atoms with van der Waals surface area (Å²) in [6, 6.07) is 18.7. The first-order valence-electron chi connectivity index (χ1n) is 7.18. The van der Waals surface area contributed by atoms with E-state index in [-0.39, 0.29) is 6.04 Å². The molecule has 4 rings (SSSR count). The van der Waals surface area contributed by atoms with E-state index in [2.05, 4.69) is 69.0 Å². The van der Waals surface area contributed by atoms with E-state index < -0.39 is 0 Å². The number of aromatic amines is 1. The molecule has 1 aromatic heterocycles. The minimum atomic E-state index is 0.103. The van der Waals surface area contributed by atoms with Crippen molar-refractivity contribution in [2.45, 2.75) is 6.04 Å². The highest BCUT2D eigenvalue weighted by molar-refractivity contribution is 5.82. The minimum absolute atomic E-state index is 0.103. The highest BCUT2D eigenvalue weighted by atomic mass is 15.3. The molecule has 0 spiro atoms. The van der Waals surface area contributed by atoms with Gasteiger partial charge in [0.05, 0.1) is 0 Å². The number of hydrogen-bond acceptors (Lipinski definition) is 3. The maximum absolute atomic E-state index is 4.24. The lowest BCUT2D eigenvalue weighted by atomic mass is 10.1. The Morgan fingerprint density at radius 2 is 1.50 bits per heavy atom. The summed E-state index contributed by atoms with van der Waals surface area (Å²) < 4.78 is 0. The molecule has 0 saturated heterocycles. The Hall–Kier alpha value is -3.01. The summed E-state index contributed by atoms with van der Waals surface area (Å²) in [6.07, 6.45) is 6.08. The quantitative estimate of drug-likeness (QED) is 0.742. The number of aromatic nitrogens is 3. The Labute approximate surface area is 128 Å². The summed E-state index contributed by atoms with van der Waals surface area (Å²) in [7, 11) is 0. The molecule has 3 aromatic rings. The smallest absolute Gasteiger partial charge is 0.130 e. The van der Waals surface area contributed by atoms with Crippen molar-refractivity contribution in [1.82, 2.24) is 15.4 Å². The molecule has 4 nitrogen and oxygen atoms in total. The Bertz CT molecular complexity index is 823. The Morgan fingerprint density at radius 3 is 2.18 bits per heavy atom. The second-order valence-electron chi connectivity index (χ2n) is 5.17. The van der Waals surface area contributed by atoms with Crippen LogP contribution in [0.1, 0.15) is 22.9 Å². The fourth-order valence-corrected chi connectivity index (χ4v) is 2.35. The largest absolute Gasteiger partial charge is 0.279 e. The Morgan fingerprint density at radius 1 is 0.818 bits per heavy atom. The van der Waals surface area contributed by atoms with Gasteiger partial charge in [0.15, 0.2) is 0 Å². The monoisotopic (exact) mass is 286 g/mol. The third-order valence-corrected chi connectivity index (χ3v) is 3.61. The zero-order valence-electron chi connectivity index (χ0n) is 11.8. The van der Waals surface area contributed by atoms with Gasteiger partial charge in [-0.1, -0.05) is 66.7 Å². The normalized spacial score (nSPS) is 16.3. The standard InChI is InChI=1S/C18H14N4/c1-2-4-13(5-3-1)6-7-14-8-10-15(11-9-14)17-18(16-12-19-16)21-22-20-17/h1-12,16H,(H,20,21,22)/b7-6+. The van der Waals surface area contributed by atoms with Gasteiger partial charge in [0.25, 0.3) is 0 Å². The van der Waals surface area contributed by atoms with Gasteiger partial charge in [-0.05, 0) is 11.1 Å². The van der Waals surface area contributed by atoms with Gasteiger partial charge in [-0.2, -0.15) is 15.4 Å². The molecule has 106 valence electrons. The van der Waals surface area contributed by atoms with E-state index in [9.17, 15) is 0 Å². The van der Waals surface area contributed by atoms with E-state index in [4.69, 9.17) is 0 Å². The number of nitrogens with one attached hydrogen (secondary N) is 1. The van der Waals surface area contributed by atoms with Crippen LogP contribution in [0.15, 0.2) is 59.6 Å². The molecule has 22 heavy (non-hydrogen) atoms. The summed E-state index contributed by atoms with van der Waals surface area (Å²) in [4.78, 5) is 4.15. The zero-order chi connectivity index (χ0) is 14.8. The van der Waals surface area contributed by atoms with Gasteiger partial charge in [-0.25, -0.2) is 0 Å². The first-order valence-corrected chi connectivity index (χ1v) is 7.18. The van der Waals surface area contributed by atoms with Crippen molar-refractivity contribution in [1.29, 1.82) is 0 Å². The molecular formula is C18H14N4. The number of benzene rings is 2. The molecule has 1 aliphatic rings. The molecule has 2 heterocycles. The Balaban J connectivity index is 1.55. The maximum atomic E-state index is 4.24. The summed E-state index contributed by atoms with van der Waals surface area (Å²) in [5.74, 6) is 0. The van der Waals surface area contributed by atoms with Crippen molar-refractivity contribution in [3.63, 3.8) is 0 Å². The molecule has 0 aliphatic carbocycles. The van der Waals surface area contributed by atoms with E-state index >= 15 is 0 Å². The molecule has 4 heteroatoms. The molecule has 0 bridgehead atoms. The fraction of sp³-hybridized carbons (Fsp3) is 0.0556. The van der Waals surface area contributed by atoms with Crippen molar-refractivity contribution in [3.8, 4) is 11.3 Å². The molecule has 0 radical (unpaired) electrons. The third kappa shape index (κ3) is 2.59. The van der Waals surface area contributed by atoms with Crippen LogP contribution in [0.2, 0.25) is 0 Å². The summed E-state index contributed by atoms with van der Waals surface area (Å²) in [5, 5.41) is 11.1. The minimum Gasteiger partial charge on any atom is -0.279 e. The molecule has 0 fully saturated rings. The average molecular weight is 286 g/mol. The van der Waals surface area contributed by atoms with Gasteiger partial charge < -0.3 is 0 Å². The zero-order valence-corrected chi connectivity index (χ0v) is 11.8. The molecule has 1 N–H and O–H groups in total. The molecule has 0 saturated carbocycles. The van der Waals surface area contributed by atoms with Crippen LogP contribution >= 0.6 is 0 Å². The van der Waals surface area contributed by atoms with Gasteiger partial charge in [0.2, 0.25) is 0 Å². The predicted molar refractivity (Wildman–Crippen MR) is 88.4 cm³/mol. The lowest BCUT2D eigenvalue weighted by molar-refractivity contribution is 0.907. The topological polar surface area (TPSA) is 53.9 Å². The van der Waals surface area contributed by atoms with E-state index in [1.165, 1.54) is 5.56 Å². The molecule has 0 amide bonds. The lowest BCUT2D eigenvalue weighted by Crippen LogP contribution is -1.88. The van der Waals surface area contributed by atoms with Crippen molar-refractivity contribution >= 4 is 18.4 Å². The van der Waals surface area contributed by atoms with Crippen LogP contribution < -0.4 is 0 Å². The number of H-pyrrole nitrogens is 1. The lowest BCUT2D eigenvalue weighted by Gasteiger charge is -2.00. The van der Waals surface area contributed by atoms with E-state index in [0.717, 1.165) is 22.5 Å². The highest BCUT2D eigenvalue weighted by Crippen LogP contribution is 2.30. The number of hydrogen-bond donors (Lipinski definition) is 1. The van der Waals surface area contributed by atoms with Gasteiger partial charge >= 0.3 is 0 Å². The predicted octanol–water partition coefficient (Wildman–Crippen LogP) is 3.77. The van der Waals surface area contributed by atoms with Crippen molar-refractivity contribution < 1.29 is 0 Å². The van der Waals surface area contributed by atoms with Crippen molar-refractivity contribution in [2.24, 2.45) is 4.99 Å². The SMILES string of the molecule is C1=NC1c1n[nH]nc1-c1ccc(/C=C/c2ccccc2)cc1. The molecule has 1 unspecified atom stereocenters. The van der Waals surface area contributed by atoms with Crippen LogP contribution in [0.4, 0.5) is 0 Å². The van der Waals surface area contributed by atoms with Crippen LogP contribution in [0.3, 0.4) is 0 Å². The molecule has 1 atom stereocenters. The van der Waals surface area contributed by atoms with Gasteiger partial charge in [0, 0.05) is 11.8 Å². The van der Waals surface area contributed by atoms with Gasteiger partial charge in [-0.3, -0.25) is 4.99 Å². The van der Waals surface area contributed by atoms with Gasteiger partial charge in [0.1, 0.15) is 17.4 Å². The van der Waals surface area contributed by atoms with Crippen LogP contribution in [0.25, 0.3) is 23.4 Å². The van der Waals surface area contributed by atoms with Crippen LogP contribution in [-0.2, 0) is 0 Å². The maximum Gasteiger partial charge on any atom is 0.130 e. The Kier molecular flexibility index (Phi) is 3.12. The number of rotatable bonds is 4. The first-order chi connectivity index (χ1) is 10.9. The highest BCUT2D eigenvalue weighted by Gasteiger charge is 2.24. The average Bonchev–Trinajstić information content (AvgIpc) is 3.31. The van der Waals surface area contributed by atoms with E-state index in [1.54, 1.807) is 0 Å². The second-order valence-corrected chi connectivity index (χ2v) is 5.17.